The van der Waals surface area contributed by atoms with Gasteiger partial charge in [-0.3, -0.25) is 0 Å². The minimum absolute atomic E-state index is 0.0238. The third kappa shape index (κ3) is 11.2. The summed E-state index contributed by atoms with van der Waals surface area (Å²) < 4.78 is 57.4. The predicted octanol–water partition coefficient (Wildman–Crippen LogP) is 6.76. The molecule has 1 N–H and O–H groups in total. The Kier molecular flexibility index (Phi) is 14.1. The summed E-state index contributed by atoms with van der Waals surface area (Å²) >= 11 is 0. The fourth-order valence-electron chi connectivity index (χ4n) is 8.47. The molecule has 4 unspecified atom stereocenters. The average molecular weight is 872 g/mol. The molecule has 4 atom stereocenters. The van der Waals surface area contributed by atoms with Crippen LogP contribution in [0.25, 0.3) is 5.69 Å². The van der Waals surface area contributed by atoms with E-state index in [9.17, 15) is 14.0 Å². The molecule has 0 saturated carbocycles. The van der Waals surface area contributed by atoms with Crippen LogP contribution in [-0.2, 0) is 26.4 Å². The maximum absolute atomic E-state index is 15.0. The number of aromatic nitrogens is 6. The van der Waals surface area contributed by atoms with Crippen molar-refractivity contribution in [3.05, 3.63) is 113 Å². The Morgan fingerprint density at radius 1 is 0.921 bits per heavy atom. The van der Waals surface area contributed by atoms with Gasteiger partial charge in [0.2, 0.25) is 0 Å². The van der Waals surface area contributed by atoms with Gasteiger partial charge < -0.3 is 34.1 Å². The summed E-state index contributed by atoms with van der Waals surface area (Å²) in [6, 6.07) is 19.3. The Bertz CT molecular complexity index is 2310. The molecule has 2 fully saturated rings. The Balaban J connectivity index is 0.880. The zero-order valence-electron chi connectivity index (χ0n) is 37.0. The normalized spacial score (nSPS) is 19.0. The molecule has 1 amide bonds. The van der Waals surface area contributed by atoms with Gasteiger partial charge >= 0.3 is 11.8 Å². The maximum atomic E-state index is 15.0. The van der Waals surface area contributed by atoms with Crippen molar-refractivity contribution in [3.63, 3.8) is 0 Å². The molecule has 3 aromatic carbocycles. The molecular weight excluding hydrogens is 813 g/mol. The predicted molar refractivity (Wildman–Crippen MR) is 234 cm³/mol. The maximum Gasteiger partial charge on any atom is 0.407 e. The van der Waals surface area contributed by atoms with Gasteiger partial charge in [0.25, 0.3) is 0 Å². The van der Waals surface area contributed by atoms with E-state index in [0.717, 1.165) is 55.1 Å². The second-order valence-corrected chi connectivity index (χ2v) is 17.7. The highest BCUT2D eigenvalue weighted by Gasteiger charge is 2.45. The van der Waals surface area contributed by atoms with E-state index in [-0.39, 0.29) is 41.8 Å². The van der Waals surface area contributed by atoms with Crippen molar-refractivity contribution >= 4 is 17.5 Å². The summed E-state index contributed by atoms with van der Waals surface area (Å²) in [6.45, 7) is 16.6. The molecule has 63 heavy (non-hydrogen) atoms. The number of ether oxygens (including phenoxy) is 4. The zero-order valence-corrected chi connectivity index (χ0v) is 37.0. The van der Waals surface area contributed by atoms with Crippen LogP contribution >= 0.6 is 0 Å². The van der Waals surface area contributed by atoms with E-state index in [0.29, 0.717) is 39.2 Å². The van der Waals surface area contributed by atoms with Crippen LogP contribution in [0.15, 0.2) is 90.5 Å². The number of piperazine rings is 1. The van der Waals surface area contributed by atoms with Gasteiger partial charge in [-0.25, -0.2) is 37.3 Å². The van der Waals surface area contributed by atoms with Gasteiger partial charge in [0.15, 0.2) is 0 Å². The van der Waals surface area contributed by atoms with E-state index in [2.05, 4.69) is 42.4 Å². The lowest BCUT2D eigenvalue weighted by Crippen LogP contribution is -2.46. The number of alkyl carbamates (subject to hydrolysis) is 1. The second kappa shape index (κ2) is 19.7. The number of nitrogens with one attached hydrogen (secondary N) is 1. The number of carbonyl (C=O) groups is 1. The van der Waals surface area contributed by atoms with Gasteiger partial charge in [-0.05, 0) is 101 Å². The third-order valence-electron chi connectivity index (χ3n) is 11.5. The number of anilines is 2. The molecule has 5 aromatic rings. The Labute approximate surface area is 366 Å². The first-order valence-corrected chi connectivity index (χ1v) is 21.7. The van der Waals surface area contributed by atoms with E-state index in [1.54, 1.807) is 21.9 Å². The van der Waals surface area contributed by atoms with E-state index in [1.165, 1.54) is 23.1 Å². The fourth-order valence-corrected chi connectivity index (χ4v) is 8.47. The lowest BCUT2D eigenvalue weighted by Gasteiger charge is -2.37. The van der Waals surface area contributed by atoms with Crippen LogP contribution in [0.2, 0.25) is 0 Å². The van der Waals surface area contributed by atoms with E-state index in [4.69, 9.17) is 18.9 Å². The number of hydrogen-bond donors (Lipinski definition) is 1. The van der Waals surface area contributed by atoms with Crippen LogP contribution in [0.1, 0.15) is 66.0 Å². The number of amides is 1. The van der Waals surface area contributed by atoms with Crippen molar-refractivity contribution < 1.29 is 32.5 Å². The lowest BCUT2D eigenvalue weighted by molar-refractivity contribution is -0.0206. The molecule has 2 aliphatic heterocycles. The standard InChI is InChI=1S/C46H59F2N9O6/c1-32(2)42(33(3)60-23-7-18-50-43(58)63-45(4,5)6)57-44(59)56(31-52-57)38-11-9-36(10-12-38)53-19-21-54(22-20-53)37-13-15-39(16-14-37)61-26-34-25-46(62-27-34,28-55-30-49-29-51-55)40-17-8-35(47)24-41(40)48/h8-17,24,29-34,42H,7,18-23,25-28H2,1-6H3,(H,50,58). The average Bonchev–Trinajstić information content (AvgIpc) is 4.01. The lowest BCUT2D eigenvalue weighted by atomic mass is 9.87. The van der Waals surface area contributed by atoms with Crippen molar-refractivity contribution in [1.82, 2.24) is 34.4 Å². The molecule has 0 bridgehead atoms. The first kappa shape index (κ1) is 45.2. The molecule has 0 aliphatic carbocycles. The number of nitrogens with zero attached hydrogens (tertiary/aromatic N) is 8. The van der Waals surface area contributed by atoms with Gasteiger partial charge in [-0.15, -0.1) is 0 Å². The quantitative estimate of drug-likeness (QED) is 0.0991. The molecule has 0 spiro atoms. The van der Waals surface area contributed by atoms with Crippen LogP contribution < -0.4 is 25.5 Å². The van der Waals surface area contributed by atoms with Gasteiger partial charge in [0, 0.05) is 68.3 Å². The highest BCUT2D eigenvalue weighted by atomic mass is 19.1. The van der Waals surface area contributed by atoms with Crippen molar-refractivity contribution in [3.8, 4) is 11.4 Å². The largest absolute Gasteiger partial charge is 0.493 e. The van der Waals surface area contributed by atoms with Crippen molar-refractivity contribution in [1.29, 1.82) is 0 Å². The van der Waals surface area contributed by atoms with Crippen LogP contribution in [0.3, 0.4) is 0 Å². The van der Waals surface area contributed by atoms with Crippen molar-refractivity contribution in [2.45, 2.75) is 84.3 Å². The first-order valence-electron chi connectivity index (χ1n) is 21.7. The molecule has 7 rings (SSSR count). The topological polar surface area (TPSA) is 143 Å². The summed E-state index contributed by atoms with van der Waals surface area (Å²) in [4.78, 5) is 34.3. The minimum Gasteiger partial charge on any atom is -0.493 e. The van der Waals surface area contributed by atoms with E-state index in [1.807, 2.05) is 77.9 Å². The molecule has 2 aromatic heterocycles. The highest BCUT2D eigenvalue weighted by Crippen LogP contribution is 2.42. The second-order valence-electron chi connectivity index (χ2n) is 17.7. The Morgan fingerprint density at radius 2 is 1.59 bits per heavy atom. The van der Waals surface area contributed by atoms with Gasteiger partial charge in [-0.1, -0.05) is 19.9 Å². The smallest absolute Gasteiger partial charge is 0.407 e. The summed E-state index contributed by atoms with van der Waals surface area (Å²) in [5.74, 6) is -0.511. The number of rotatable bonds is 17. The van der Waals surface area contributed by atoms with Crippen LogP contribution in [-0.4, -0.2) is 99.5 Å². The number of halogens is 2. The van der Waals surface area contributed by atoms with E-state index >= 15 is 4.39 Å². The van der Waals surface area contributed by atoms with Gasteiger partial charge in [0.1, 0.15) is 47.6 Å². The summed E-state index contributed by atoms with van der Waals surface area (Å²) in [7, 11) is 0. The minimum atomic E-state index is -1.03. The van der Waals surface area contributed by atoms with Crippen LogP contribution in [0.4, 0.5) is 25.0 Å². The SMILES string of the molecule is CC(C)C(C(C)OCCCNC(=O)OC(C)(C)C)n1ncn(-c2ccc(N3CCN(c4ccc(OCC5COC(Cn6cncn6)(c6ccc(F)cc6F)C5)cc4)CC3)cc2)c1=O. The van der Waals surface area contributed by atoms with Gasteiger partial charge in [-0.2, -0.15) is 10.2 Å². The van der Waals surface area contributed by atoms with Crippen LogP contribution in [0, 0.1) is 23.5 Å². The molecule has 2 aliphatic rings. The molecule has 2 saturated heterocycles. The number of benzene rings is 3. The molecule has 15 nitrogen and oxygen atoms in total. The molecular formula is C46H59F2N9O6. The molecule has 4 heterocycles. The summed E-state index contributed by atoms with van der Waals surface area (Å²) in [6.07, 6.45) is 4.86. The monoisotopic (exact) mass is 871 g/mol. The fraction of sp³-hybridized carbons (Fsp3) is 0.500. The Hall–Kier alpha value is -5.81. The molecule has 0 radical (unpaired) electrons. The highest BCUT2D eigenvalue weighted by molar-refractivity contribution is 5.67. The van der Waals surface area contributed by atoms with Crippen molar-refractivity contribution in [2.24, 2.45) is 11.8 Å². The summed E-state index contributed by atoms with van der Waals surface area (Å²) in [5, 5.41) is 11.4. The summed E-state index contributed by atoms with van der Waals surface area (Å²) in [5.41, 5.74) is 1.38. The first-order chi connectivity index (χ1) is 30.2. The van der Waals surface area contributed by atoms with Crippen LogP contribution in [0.5, 0.6) is 5.75 Å². The Morgan fingerprint density at radius 3 is 2.21 bits per heavy atom. The zero-order chi connectivity index (χ0) is 44.7. The third-order valence-corrected chi connectivity index (χ3v) is 11.5. The number of carbonyl (C=O) groups excluding carboxylic acids is 1. The molecule has 17 heteroatoms. The van der Waals surface area contributed by atoms with Gasteiger partial charge in [0.05, 0.1) is 37.6 Å². The van der Waals surface area contributed by atoms with Crippen molar-refractivity contribution in [2.75, 3.05) is 62.3 Å². The molecule has 338 valence electrons. The number of hydrogen-bond acceptors (Lipinski definition) is 11. The van der Waals surface area contributed by atoms with E-state index < -0.39 is 28.9 Å².